The van der Waals surface area contributed by atoms with Gasteiger partial charge in [-0.3, -0.25) is 42.3 Å². The molecule has 0 aromatic carbocycles. The molecule has 1 aliphatic rings. The Kier molecular flexibility index (Phi) is 25.6. The van der Waals surface area contributed by atoms with Crippen LogP contribution in [-0.2, 0) is 112 Å². The maximum Gasteiger partial charge on any atom is 0.481 e. The molecule has 0 heterocycles. The van der Waals surface area contributed by atoms with E-state index in [0.717, 1.165) is 0 Å². The Hall–Kier alpha value is -2.97. The predicted octanol–water partition coefficient (Wildman–Crippen LogP) is 2.13. The summed E-state index contributed by atoms with van der Waals surface area (Å²) in [5.41, 5.74) is 0. The second-order valence-corrected chi connectivity index (χ2v) is 16.1. The highest BCUT2D eigenvalue weighted by Gasteiger charge is 2.58. The molecule has 0 unspecified atom stereocenters. The second-order valence-electron chi connectivity index (χ2n) is 11.2. The smallest absolute Gasteiger partial charge is 0.438 e. The van der Waals surface area contributed by atoms with Gasteiger partial charge in [0.15, 0.2) is 0 Å². The number of carbonyl (C=O) groups is 6. The summed E-state index contributed by atoms with van der Waals surface area (Å²) in [7, 11) is -16.1. The minimum absolute atomic E-state index is 0.186. The first-order valence-electron chi connectivity index (χ1n) is 18.0. The third kappa shape index (κ3) is 19.8. The van der Waals surface area contributed by atoms with Gasteiger partial charge >= 0.3 is 59.3 Å². The van der Waals surface area contributed by atoms with Crippen LogP contribution >= 0.6 is 23.5 Å². The quantitative estimate of drug-likeness (QED) is 0.0402. The Balaban J connectivity index is 3.83. The van der Waals surface area contributed by atoms with E-state index in [-0.39, 0.29) is 38.5 Å². The second kappa shape index (κ2) is 27.9. The molecule has 60 heavy (non-hydrogen) atoms. The van der Waals surface area contributed by atoms with Crippen molar-refractivity contribution in [2.24, 2.45) is 0 Å². The minimum Gasteiger partial charge on any atom is -0.438 e. The first kappa shape index (κ1) is 55.0. The van der Waals surface area contributed by atoms with Crippen molar-refractivity contribution >= 4 is 59.3 Å². The highest BCUT2D eigenvalue weighted by molar-refractivity contribution is 7.49. The van der Waals surface area contributed by atoms with Crippen LogP contribution in [0.2, 0.25) is 0 Å². The first-order chi connectivity index (χ1) is 28.2. The number of hydrogen-bond donors (Lipinski definition) is 3. The van der Waals surface area contributed by atoms with Crippen molar-refractivity contribution < 1.29 is 127 Å². The fraction of sp³-hybridized carbons (Fsp3) is 0.800. The fourth-order valence-corrected chi connectivity index (χ4v) is 7.14. The molecule has 0 saturated heterocycles. The van der Waals surface area contributed by atoms with Gasteiger partial charge < -0.3 is 43.7 Å². The Labute approximate surface area is 343 Å². The zero-order valence-corrected chi connectivity index (χ0v) is 36.1. The van der Waals surface area contributed by atoms with Crippen molar-refractivity contribution in [3.63, 3.8) is 0 Å². The summed E-state index contributed by atoms with van der Waals surface area (Å²) in [4.78, 5) is 70.5. The summed E-state index contributed by atoms with van der Waals surface area (Å²) in [6, 6.07) is 0. The summed E-state index contributed by atoms with van der Waals surface area (Å²) in [6.45, 7) is 1.24. The van der Waals surface area contributed by atoms with E-state index in [0.29, 0.717) is 0 Å². The van der Waals surface area contributed by atoms with Gasteiger partial charge in [0.25, 0.3) is 0 Å². The third-order valence-electron chi connectivity index (χ3n) is 7.09. The van der Waals surface area contributed by atoms with E-state index < -0.39 is 137 Å². The summed E-state index contributed by atoms with van der Waals surface area (Å²) in [5, 5.41) is 34.3. The van der Waals surface area contributed by atoms with Crippen LogP contribution in [-0.4, -0.2) is 129 Å². The van der Waals surface area contributed by atoms with Gasteiger partial charge in [-0.15, -0.1) is 0 Å². The fourth-order valence-electron chi connectivity index (χ4n) is 3.83. The molecular weight excluding hydrogens is 885 g/mol. The molecule has 30 heteroatoms. The van der Waals surface area contributed by atoms with Crippen LogP contribution < -0.4 is 0 Å². The van der Waals surface area contributed by atoms with Crippen molar-refractivity contribution in [1.82, 2.24) is 0 Å². The van der Waals surface area contributed by atoms with Gasteiger partial charge in [-0.1, -0.05) is 41.5 Å². The molecule has 27 nitrogen and oxygen atoms in total. The van der Waals surface area contributed by atoms with E-state index in [2.05, 4.69) is 0 Å². The molecule has 348 valence electrons. The van der Waals surface area contributed by atoms with E-state index >= 15 is 0 Å². The number of aliphatic hydroxyl groups excluding tert-OH is 3. The van der Waals surface area contributed by atoms with Gasteiger partial charge in [-0.05, 0) is 0 Å². The van der Waals surface area contributed by atoms with E-state index in [1.54, 1.807) is 0 Å². The van der Waals surface area contributed by atoms with Crippen molar-refractivity contribution in [2.75, 3.05) is 40.8 Å². The van der Waals surface area contributed by atoms with Crippen LogP contribution in [0.3, 0.4) is 0 Å². The Morgan fingerprint density at radius 2 is 0.533 bits per heavy atom. The number of ether oxygens (including phenoxy) is 6. The number of aliphatic hydroxyl groups is 3. The first-order valence-corrected chi connectivity index (χ1v) is 22.3. The number of carbonyl (C=O) groups excluding carboxylic acids is 6. The van der Waals surface area contributed by atoms with Crippen molar-refractivity contribution in [1.29, 1.82) is 0 Å². The topological polar surface area (TPSA) is 353 Å². The molecule has 1 aliphatic carbocycles. The number of rotatable bonds is 30. The third-order valence-corrected chi connectivity index (χ3v) is 11.1. The van der Waals surface area contributed by atoms with Crippen molar-refractivity contribution in [2.45, 2.75) is 117 Å². The zero-order valence-electron chi connectivity index (χ0n) is 33.4. The number of esters is 6. The van der Waals surface area contributed by atoms with Crippen molar-refractivity contribution in [3.05, 3.63) is 0 Å². The Morgan fingerprint density at radius 1 is 0.350 bits per heavy atom. The molecule has 0 radical (unpaired) electrons. The number of phosphoric ester groups is 3. The van der Waals surface area contributed by atoms with Crippen molar-refractivity contribution in [3.8, 4) is 0 Å². The summed E-state index contributed by atoms with van der Waals surface area (Å²) < 4.78 is 116. The lowest BCUT2D eigenvalue weighted by Crippen LogP contribution is -2.65. The standard InChI is InChI=1S/C30H51O27P3/c1-7-19(31)43-13-49-58(40,50-14-44-20(32)8-2)55-28-25(37)26(38)29(56-59(41,51-15-45-21(33)9-3)52-16-46-22(34)10-4)30(27(28)39)57-60(42,53-17-47-23(35)11-5)54-18-48-24(36)12-6/h25-30,37-39H,7-18H2,1-6H3/t25-,26+,27+,28-,29-,30-/m1/s1. The molecule has 6 atom stereocenters. The Bertz CT molecular complexity index is 1460. The maximum absolute atomic E-state index is 14.0. The average molecular weight is 937 g/mol. The van der Waals surface area contributed by atoms with Crippen LogP contribution in [0.15, 0.2) is 0 Å². The molecule has 0 aromatic heterocycles. The Morgan fingerprint density at radius 3 is 0.750 bits per heavy atom. The molecule has 0 spiro atoms. The molecule has 0 aromatic rings. The molecule has 3 N–H and O–H groups in total. The lowest BCUT2D eigenvalue weighted by Gasteiger charge is -2.45. The van der Waals surface area contributed by atoms with Gasteiger partial charge in [0.1, 0.15) is 36.6 Å². The van der Waals surface area contributed by atoms with E-state index in [9.17, 15) is 57.8 Å². The van der Waals surface area contributed by atoms with Crippen LogP contribution in [0.1, 0.15) is 80.1 Å². The van der Waals surface area contributed by atoms with Gasteiger partial charge in [0.2, 0.25) is 40.8 Å². The van der Waals surface area contributed by atoms with Crippen LogP contribution in [0.4, 0.5) is 0 Å². The SMILES string of the molecule is CCC(=O)OCOP(=O)(OCOC(=O)CC)O[C@@H]1[C@H](O)[C@H](O)[C@@H](OP(=O)(OCOC(=O)CC)OCOC(=O)CC)[C@H](OP(=O)(OCOC(=O)CC)OCOC(=O)CC)[C@H]1O. The van der Waals surface area contributed by atoms with Gasteiger partial charge in [-0.25, -0.2) is 40.8 Å². The van der Waals surface area contributed by atoms with E-state index in [1.807, 2.05) is 0 Å². The maximum atomic E-state index is 14.0. The molecule has 0 bridgehead atoms. The molecule has 1 fully saturated rings. The minimum atomic E-state index is -5.43. The molecule has 0 aliphatic heterocycles. The molecule has 0 amide bonds. The molecular formula is C30H51O27P3. The predicted molar refractivity (Wildman–Crippen MR) is 189 cm³/mol. The van der Waals surface area contributed by atoms with E-state index in [4.69, 9.17) is 69.1 Å². The summed E-state index contributed by atoms with van der Waals surface area (Å²) in [6.07, 6.45) is -16.7. The number of phosphoric acid groups is 3. The largest absolute Gasteiger partial charge is 0.481 e. The van der Waals surface area contributed by atoms with Gasteiger partial charge in [0, 0.05) is 38.5 Å². The summed E-state index contributed by atoms with van der Waals surface area (Å²) >= 11 is 0. The molecule has 1 saturated carbocycles. The highest BCUT2D eigenvalue weighted by Crippen LogP contribution is 2.58. The van der Waals surface area contributed by atoms with Crippen LogP contribution in [0.25, 0.3) is 0 Å². The van der Waals surface area contributed by atoms with Gasteiger partial charge in [0.05, 0.1) is 0 Å². The number of hydrogen-bond acceptors (Lipinski definition) is 27. The highest BCUT2D eigenvalue weighted by atomic mass is 31.2. The molecule has 1 rings (SSSR count). The lowest BCUT2D eigenvalue weighted by atomic mass is 9.85. The lowest BCUT2D eigenvalue weighted by molar-refractivity contribution is -0.220. The zero-order chi connectivity index (χ0) is 45.5. The monoisotopic (exact) mass is 936 g/mol. The van der Waals surface area contributed by atoms with E-state index in [1.165, 1.54) is 41.5 Å². The average Bonchev–Trinajstić information content (AvgIpc) is 3.22. The van der Waals surface area contributed by atoms with Crippen LogP contribution in [0.5, 0.6) is 0 Å². The van der Waals surface area contributed by atoms with Crippen LogP contribution in [0, 0.1) is 0 Å². The summed E-state index contributed by atoms with van der Waals surface area (Å²) in [5.74, 6) is -5.36. The van der Waals surface area contributed by atoms with Gasteiger partial charge in [-0.2, -0.15) is 0 Å². The normalized spacial score (nSPS) is 20.8.